The number of rotatable bonds is 5. The van der Waals surface area contributed by atoms with E-state index in [9.17, 15) is 8.42 Å². The van der Waals surface area contributed by atoms with Crippen molar-refractivity contribution in [3.63, 3.8) is 0 Å². The molecule has 0 aliphatic carbocycles. The number of hydrogen-bond donors (Lipinski definition) is 2. The Morgan fingerprint density at radius 3 is 2.26 bits per heavy atom. The fourth-order valence-electron chi connectivity index (χ4n) is 3.01. The summed E-state index contributed by atoms with van der Waals surface area (Å²) in [7, 11) is -2.99. The summed E-state index contributed by atoms with van der Waals surface area (Å²) < 4.78 is 25.6. The van der Waals surface area contributed by atoms with E-state index < -0.39 is 10.0 Å². The van der Waals surface area contributed by atoms with Crippen molar-refractivity contribution < 1.29 is 8.42 Å². The molecule has 0 amide bonds. The van der Waals surface area contributed by atoms with E-state index in [2.05, 4.69) is 10.6 Å². The fourth-order valence-corrected chi connectivity index (χ4v) is 4.55. The standard InChI is InChI=1S/C13H27N3O2S/c1-2-11-19(17,18)16-9-5-13(6-10-16)15-12-3-7-14-8-4-12/h12-15H,2-11H2,1H3. The van der Waals surface area contributed by atoms with Gasteiger partial charge in [0.05, 0.1) is 5.75 Å². The smallest absolute Gasteiger partial charge is 0.214 e. The molecule has 112 valence electrons. The van der Waals surface area contributed by atoms with Crippen molar-refractivity contribution >= 4 is 10.0 Å². The molecule has 0 aromatic heterocycles. The Kier molecular flexibility index (Phi) is 5.62. The Bertz CT molecular complexity index is 358. The predicted octanol–water partition coefficient (Wildman–Crippen LogP) is 0.532. The number of sulfonamides is 1. The molecule has 5 nitrogen and oxygen atoms in total. The molecule has 0 radical (unpaired) electrons. The van der Waals surface area contributed by atoms with E-state index >= 15 is 0 Å². The van der Waals surface area contributed by atoms with Crippen molar-refractivity contribution in [1.82, 2.24) is 14.9 Å². The average molecular weight is 289 g/mol. The van der Waals surface area contributed by atoms with Gasteiger partial charge in [0.2, 0.25) is 10.0 Å². The van der Waals surface area contributed by atoms with Gasteiger partial charge in [-0.05, 0) is 45.2 Å². The van der Waals surface area contributed by atoms with E-state index in [1.165, 1.54) is 12.8 Å². The predicted molar refractivity (Wildman–Crippen MR) is 77.7 cm³/mol. The molecule has 0 bridgehead atoms. The van der Waals surface area contributed by atoms with Crippen LogP contribution in [0.1, 0.15) is 39.0 Å². The minimum Gasteiger partial charge on any atom is -0.317 e. The summed E-state index contributed by atoms with van der Waals surface area (Å²) in [6.07, 6.45) is 4.98. The molecule has 0 saturated carbocycles. The molecule has 0 aromatic rings. The molecule has 0 atom stereocenters. The number of nitrogens with zero attached hydrogens (tertiary/aromatic N) is 1. The van der Waals surface area contributed by atoms with Crippen LogP contribution >= 0.6 is 0 Å². The molecule has 2 aliphatic rings. The first kappa shape index (κ1) is 15.2. The highest BCUT2D eigenvalue weighted by Gasteiger charge is 2.28. The third-order valence-electron chi connectivity index (χ3n) is 4.12. The summed E-state index contributed by atoms with van der Waals surface area (Å²) in [4.78, 5) is 0. The number of nitrogens with one attached hydrogen (secondary N) is 2. The summed E-state index contributed by atoms with van der Waals surface area (Å²) in [5.41, 5.74) is 0. The van der Waals surface area contributed by atoms with Gasteiger partial charge in [-0.1, -0.05) is 6.92 Å². The molecule has 0 unspecified atom stereocenters. The van der Waals surface area contributed by atoms with Crippen LogP contribution in [0, 0.1) is 0 Å². The third-order valence-corrected chi connectivity index (χ3v) is 6.20. The summed E-state index contributed by atoms with van der Waals surface area (Å²) in [6, 6.07) is 1.11. The van der Waals surface area contributed by atoms with Gasteiger partial charge in [0.25, 0.3) is 0 Å². The Morgan fingerprint density at radius 1 is 1.11 bits per heavy atom. The van der Waals surface area contributed by atoms with Gasteiger partial charge in [-0.15, -0.1) is 0 Å². The highest BCUT2D eigenvalue weighted by atomic mass is 32.2. The van der Waals surface area contributed by atoms with E-state index in [1.54, 1.807) is 4.31 Å². The highest BCUT2D eigenvalue weighted by Crippen LogP contribution is 2.16. The van der Waals surface area contributed by atoms with Crippen molar-refractivity contribution in [1.29, 1.82) is 0 Å². The van der Waals surface area contributed by atoms with Gasteiger partial charge in [-0.25, -0.2) is 12.7 Å². The van der Waals surface area contributed by atoms with Gasteiger partial charge in [0.15, 0.2) is 0 Å². The first-order valence-electron chi connectivity index (χ1n) is 7.56. The lowest BCUT2D eigenvalue weighted by Crippen LogP contribution is -2.50. The first-order valence-corrected chi connectivity index (χ1v) is 9.17. The summed E-state index contributed by atoms with van der Waals surface area (Å²) in [5, 5.41) is 7.07. The number of hydrogen-bond acceptors (Lipinski definition) is 4. The summed E-state index contributed by atoms with van der Waals surface area (Å²) in [6.45, 7) is 5.49. The molecule has 6 heteroatoms. The molecule has 2 saturated heterocycles. The van der Waals surface area contributed by atoms with E-state index in [1.807, 2.05) is 6.92 Å². The van der Waals surface area contributed by atoms with Gasteiger partial charge in [0, 0.05) is 25.2 Å². The maximum absolute atomic E-state index is 12.0. The topological polar surface area (TPSA) is 61.4 Å². The van der Waals surface area contributed by atoms with Gasteiger partial charge < -0.3 is 10.6 Å². The first-order chi connectivity index (χ1) is 9.12. The van der Waals surface area contributed by atoms with E-state index in [0.717, 1.165) is 25.9 Å². The molecule has 0 aromatic carbocycles. The maximum atomic E-state index is 12.0. The maximum Gasteiger partial charge on any atom is 0.214 e. The Hall–Kier alpha value is -0.170. The molecule has 2 heterocycles. The quantitative estimate of drug-likeness (QED) is 0.775. The normalized spacial score (nSPS) is 24.7. The Labute approximate surface area is 117 Å². The van der Waals surface area contributed by atoms with Crippen LogP contribution in [0.3, 0.4) is 0 Å². The lowest BCUT2D eigenvalue weighted by molar-refractivity contribution is 0.256. The van der Waals surface area contributed by atoms with Crippen molar-refractivity contribution in [3.8, 4) is 0 Å². The van der Waals surface area contributed by atoms with Crippen LogP contribution in [-0.4, -0.2) is 56.7 Å². The second-order valence-electron chi connectivity index (χ2n) is 5.68. The van der Waals surface area contributed by atoms with Crippen molar-refractivity contribution in [2.75, 3.05) is 31.9 Å². The van der Waals surface area contributed by atoms with Gasteiger partial charge in [0.1, 0.15) is 0 Å². The van der Waals surface area contributed by atoms with Crippen LogP contribution in [-0.2, 0) is 10.0 Å². The fraction of sp³-hybridized carbons (Fsp3) is 1.00. The zero-order valence-electron chi connectivity index (χ0n) is 11.9. The van der Waals surface area contributed by atoms with Crippen molar-refractivity contribution in [2.24, 2.45) is 0 Å². The van der Waals surface area contributed by atoms with E-state index in [-0.39, 0.29) is 0 Å². The molecule has 2 N–H and O–H groups in total. The molecule has 2 rings (SSSR count). The zero-order chi connectivity index (χ0) is 13.7. The Balaban J connectivity index is 1.75. The molecular weight excluding hydrogens is 262 g/mol. The lowest BCUT2D eigenvalue weighted by Gasteiger charge is -2.35. The van der Waals surface area contributed by atoms with Crippen molar-refractivity contribution in [3.05, 3.63) is 0 Å². The average Bonchev–Trinajstić information content (AvgIpc) is 2.40. The van der Waals surface area contributed by atoms with Gasteiger partial charge in [-0.3, -0.25) is 0 Å². The largest absolute Gasteiger partial charge is 0.317 e. The zero-order valence-corrected chi connectivity index (χ0v) is 12.7. The van der Waals surface area contributed by atoms with Crippen LogP contribution in [0.4, 0.5) is 0 Å². The third kappa shape index (κ3) is 4.41. The molecule has 2 fully saturated rings. The van der Waals surface area contributed by atoms with Crippen molar-refractivity contribution in [2.45, 2.75) is 51.1 Å². The van der Waals surface area contributed by atoms with E-state index in [0.29, 0.717) is 37.3 Å². The van der Waals surface area contributed by atoms with Crippen LogP contribution in [0.25, 0.3) is 0 Å². The molecule has 0 spiro atoms. The Morgan fingerprint density at radius 2 is 1.68 bits per heavy atom. The SMILES string of the molecule is CCCS(=O)(=O)N1CCC(NC2CCNCC2)CC1. The van der Waals surface area contributed by atoms with Crippen LogP contribution in [0.5, 0.6) is 0 Å². The van der Waals surface area contributed by atoms with E-state index in [4.69, 9.17) is 0 Å². The minimum absolute atomic E-state index is 0.291. The lowest BCUT2D eigenvalue weighted by atomic mass is 10.0. The number of piperidine rings is 2. The molecular formula is C13H27N3O2S. The van der Waals surface area contributed by atoms with Gasteiger partial charge in [-0.2, -0.15) is 0 Å². The summed E-state index contributed by atoms with van der Waals surface area (Å²) >= 11 is 0. The monoisotopic (exact) mass is 289 g/mol. The molecule has 19 heavy (non-hydrogen) atoms. The van der Waals surface area contributed by atoms with Crippen LogP contribution in [0.15, 0.2) is 0 Å². The second-order valence-corrected chi connectivity index (χ2v) is 7.77. The highest BCUT2D eigenvalue weighted by molar-refractivity contribution is 7.89. The minimum atomic E-state index is -2.99. The van der Waals surface area contributed by atoms with Gasteiger partial charge >= 0.3 is 0 Å². The molecule has 2 aliphatic heterocycles. The second kappa shape index (κ2) is 7.02. The van der Waals surface area contributed by atoms with Crippen LogP contribution in [0.2, 0.25) is 0 Å². The van der Waals surface area contributed by atoms with Crippen LogP contribution < -0.4 is 10.6 Å². The summed E-state index contributed by atoms with van der Waals surface area (Å²) in [5.74, 6) is 0.291.